The van der Waals surface area contributed by atoms with Gasteiger partial charge in [0.2, 0.25) is 18.1 Å². The topological polar surface area (TPSA) is 123 Å². The SMILES string of the molecule is CC(NC(=O)OC(C)(C)C)C(=O)N1CCCC1C(=O)NC1CC(=O)OC1OCc1ccccc1. The molecular formula is C24H33N3O7. The fourth-order valence-electron chi connectivity index (χ4n) is 3.93. The maximum absolute atomic E-state index is 13.0. The molecule has 0 radical (unpaired) electrons. The Morgan fingerprint density at radius 3 is 2.59 bits per heavy atom. The number of hydrogen-bond acceptors (Lipinski definition) is 7. The van der Waals surface area contributed by atoms with Gasteiger partial charge in [-0.2, -0.15) is 0 Å². The molecule has 0 aromatic heterocycles. The van der Waals surface area contributed by atoms with Crippen molar-refractivity contribution in [3.63, 3.8) is 0 Å². The molecule has 2 fully saturated rings. The Bertz CT molecular complexity index is 900. The van der Waals surface area contributed by atoms with Gasteiger partial charge in [-0.15, -0.1) is 0 Å². The van der Waals surface area contributed by atoms with Gasteiger partial charge in [0.25, 0.3) is 0 Å². The molecule has 1 aromatic carbocycles. The maximum Gasteiger partial charge on any atom is 0.408 e. The third-order valence-corrected chi connectivity index (χ3v) is 5.49. The van der Waals surface area contributed by atoms with E-state index in [0.717, 1.165) is 5.56 Å². The Morgan fingerprint density at radius 1 is 1.21 bits per heavy atom. The minimum Gasteiger partial charge on any atom is -0.444 e. The van der Waals surface area contributed by atoms with Crippen molar-refractivity contribution in [1.82, 2.24) is 15.5 Å². The first-order valence-electron chi connectivity index (χ1n) is 11.5. The third-order valence-electron chi connectivity index (χ3n) is 5.49. The van der Waals surface area contributed by atoms with Crippen molar-refractivity contribution in [2.45, 2.75) is 83.6 Å². The zero-order valence-electron chi connectivity index (χ0n) is 20.0. The molecule has 1 aromatic rings. The van der Waals surface area contributed by atoms with Gasteiger partial charge in [-0.1, -0.05) is 30.3 Å². The van der Waals surface area contributed by atoms with Crippen LogP contribution in [-0.2, 0) is 35.2 Å². The predicted octanol–water partition coefficient (Wildman–Crippen LogP) is 1.87. The van der Waals surface area contributed by atoms with Crippen molar-refractivity contribution in [3.05, 3.63) is 35.9 Å². The Hall–Kier alpha value is -3.14. The molecule has 0 saturated carbocycles. The Morgan fingerprint density at radius 2 is 1.91 bits per heavy atom. The summed E-state index contributed by atoms with van der Waals surface area (Å²) in [6, 6.07) is 7.20. The van der Waals surface area contributed by atoms with Crippen LogP contribution in [0.15, 0.2) is 30.3 Å². The smallest absolute Gasteiger partial charge is 0.408 e. The number of alkyl carbamates (subject to hydrolysis) is 1. The Labute approximate surface area is 199 Å². The number of likely N-dealkylation sites (tertiary alicyclic amines) is 1. The molecule has 0 bridgehead atoms. The molecular weight excluding hydrogens is 442 g/mol. The molecule has 10 heteroatoms. The second-order valence-electron chi connectivity index (χ2n) is 9.53. The first kappa shape index (κ1) is 25.5. The lowest BCUT2D eigenvalue weighted by Crippen LogP contribution is -2.55. The van der Waals surface area contributed by atoms with Crippen LogP contribution in [0.3, 0.4) is 0 Å². The van der Waals surface area contributed by atoms with Crippen LogP contribution >= 0.6 is 0 Å². The summed E-state index contributed by atoms with van der Waals surface area (Å²) in [6.07, 6.45) is -0.490. The van der Waals surface area contributed by atoms with Crippen LogP contribution in [0.4, 0.5) is 4.79 Å². The van der Waals surface area contributed by atoms with Crippen LogP contribution in [0.5, 0.6) is 0 Å². The lowest BCUT2D eigenvalue weighted by molar-refractivity contribution is -0.168. The predicted molar refractivity (Wildman–Crippen MR) is 121 cm³/mol. The van der Waals surface area contributed by atoms with E-state index < -0.39 is 42.1 Å². The standard InChI is InChI=1S/C24H33N3O7/c1-15(25-23(31)34-24(2,3)4)21(30)27-12-8-11-18(27)20(29)26-17-13-19(28)33-22(17)32-14-16-9-6-5-7-10-16/h5-7,9-10,15,17-18,22H,8,11-14H2,1-4H3,(H,25,31)(H,26,29). The first-order chi connectivity index (χ1) is 16.0. The normalized spacial score (nSPS) is 23.2. The fraction of sp³-hybridized carbons (Fsp3) is 0.583. The van der Waals surface area contributed by atoms with E-state index in [1.54, 1.807) is 27.7 Å². The van der Waals surface area contributed by atoms with E-state index in [4.69, 9.17) is 14.2 Å². The van der Waals surface area contributed by atoms with E-state index in [-0.39, 0.29) is 24.8 Å². The number of carbonyl (C=O) groups excluding carboxylic acids is 4. The summed E-state index contributed by atoms with van der Waals surface area (Å²) in [6.45, 7) is 7.37. The van der Waals surface area contributed by atoms with Gasteiger partial charge < -0.3 is 29.7 Å². The van der Waals surface area contributed by atoms with Gasteiger partial charge in [0, 0.05) is 6.54 Å². The lowest BCUT2D eigenvalue weighted by atomic mass is 10.1. The highest BCUT2D eigenvalue weighted by Gasteiger charge is 2.41. The number of nitrogens with zero attached hydrogens (tertiary/aromatic N) is 1. The van der Waals surface area contributed by atoms with Gasteiger partial charge in [-0.05, 0) is 46.1 Å². The summed E-state index contributed by atoms with van der Waals surface area (Å²) in [5.41, 5.74) is 0.220. The summed E-state index contributed by atoms with van der Waals surface area (Å²) in [4.78, 5) is 51.3. The van der Waals surface area contributed by atoms with E-state index in [2.05, 4.69) is 10.6 Å². The second kappa shape index (κ2) is 10.9. The minimum absolute atomic E-state index is 0.0114. The molecule has 2 heterocycles. The number of cyclic esters (lactones) is 1. The lowest BCUT2D eigenvalue weighted by Gasteiger charge is -2.29. The third kappa shape index (κ3) is 6.93. The van der Waals surface area contributed by atoms with Crippen LogP contribution in [0, 0.1) is 0 Å². The highest BCUT2D eigenvalue weighted by molar-refractivity contribution is 5.92. The van der Waals surface area contributed by atoms with Crippen LogP contribution in [0.25, 0.3) is 0 Å². The highest BCUT2D eigenvalue weighted by Crippen LogP contribution is 2.22. The van der Waals surface area contributed by atoms with Crippen molar-refractivity contribution in [1.29, 1.82) is 0 Å². The second-order valence-corrected chi connectivity index (χ2v) is 9.53. The first-order valence-corrected chi connectivity index (χ1v) is 11.5. The van der Waals surface area contributed by atoms with Gasteiger partial charge in [0.1, 0.15) is 23.7 Å². The van der Waals surface area contributed by atoms with E-state index in [1.807, 2.05) is 30.3 Å². The summed E-state index contributed by atoms with van der Waals surface area (Å²) in [7, 11) is 0. The Balaban J connectivity index is 1.56. The molecule has 2 N–H and O–H groups in total. The molecule has 3 rings (SSSR count). The van der Waals surface area contributed by atoms with E-state index in [9.17, 15) is 19.2 Å². The largest absolute Gasteiger partial charge is 0.444 e. The molecule has 2 aliphatic rings. The molecule has 10 nitrogen and oxygen atoms in total. The highest BCUT2D eigenvalue weighted by atomic mass is 16.7. The van der Waals surface area contributed by atoms with Crippen molar-refractivity contribution in [2.75, 3.05) is 6.54 Å². The average Bonchev–Trinajstić information content (AvgIpc) is 3.37. The van der Waals surface area contributed by atoms with Crippen molar-refractivity contribution in [2.24, 2.45) is 0 Å². The number of rotatable bonds is 7. The summed E-state index contributed by atoms with van der Waals surface area (Å²) >= 11 is 0. The van der Waals surface area contributed by atoms with Crippen molar-refractivity contribution in [3.8, 4) is 0 Å². The fourth-order valence-corrected chi connectivity index (χ4v) is 3.93. The van der Waals surface area contributed by atoms with Gasteiger partial charge in [0.15, 0.2) is 0 Å². The van der Waals surface area contributed by atoms with Crippen LogP contribution in [0.2, 0.25) is 0 Å². The van der Waals surface area contributed by atoms with Gasteiger partial charge >= 0.3 is 12.1 Å². The molecule has 34 heavy (non-hydrogen) atoms. The number of esters is 1. The molecule has 2 saturated heterocycles. The molecule has 3 amide bonds. The molecule has 2 aliphatic heterocycles. The average molecular weight is 476 g/mol. The zero-order valence-corrected chi connectivity index (χ0v) is 20.0. The number of benzene rings is 1. The molecule has 4 atom stereocenters. The number of hydrogen-bond donors (Lipinski definition) is 2. The van der Waals surface area contributed by atoms with Crippen molar-refractivity contribution >= 4 is 23.9 Å². The zero-order chi connectivity index (χ0) is 24.9. The van der Waals surface area contributed by atoms with Crippen molar-refractivity contribution < 1.29 is 33.4 Å². The molecule has 4 unspecified atom stereocenters. The van der Waals surface area contributed by atoms with Gasteiger partial charge in [-0.3, -0.25) is 14.4 Å². The van der Waals surface area contributed by atoms with Crippen LogP contribution in [0.1, 0.15) is 52.5 Å². The number of ether oxygens (including phenoxy) is 3. The summed E-state index contributed by atoms with van der Waals surface area (Å²) in [5, 5.41) is 5.34. The maximum atomic E-state index is 13.0. The molecule has 0 spiro atoms. The summed E-state index contributed by atoms with van der Waals surface area (Å²) < 4.78 is 16.2. The molecule has 186 valence electrons. The van der Waals surface area contributed by atoms with E-state index >= 15 is 0 Å². The number of amides is 3. The van der Waals surface area contributed by atoms with Crippen LogP contribution in [-0.4, -0.2) is 65.3 Å². The quantitative estimate of drug-likeness (QED) is 0.577. The number of nitrogens with one attached hydrogen (secondary N) is 2. The summed E-state index contributed by atoms with van der Waals surface area (Å²) in [5.74, 6) is -1.22. The van der Waals surface area contributed by atoms with E-state index in [0.29, 0.717) is 19.4 Å². The van der Waals surface area contributed by atoms with Gasteiger partial charge in [0.05, 0.1) is 13.0 Å². The monoisotopic (exact) mass is 475 g/mol. The number of carbonyl (C=O) groups is 4. The minimum atomic E-state index is -0.907. The van der Waals surface area contributed by atoms with Gasteiger partial charge in [-0.25, -0.2) is 4.79 Å². The van der Waals surface area contributed by atoms with Crippen LogP contribution < -0.4 is 10.6 Å². The Kier molecular flexibility index (Phi) is 8.14. The van der Waals surface area contributed by atoms with E-state index in [1.165, 1.54) is 4.90 Å². The molecule has 0 aliphatic carbocycles.